The van der Waals surface area contributed by atoms with Crippen molar-refractivity contribution in [2.45, 2.75) is 11.8 Å². The Morgan fingerprint density at radius 3 is 1.39 bits per heavy atom. The Kier molecular flexibility index (Phi) is 6.31. The third-order valence-corrected chi connectivity index (χ3v) is 5.78. The van der Waals surface area contributed by atoms with Gasteiger partial charge in [-0.1, -0.05) is 66.7 Å². The van der Waals surface area contributed by atoms with Crippen LogP contribution in [0.2, 0.25) is 0 Å². The summed E-state index contributed by atoms with van der Waals surface area (Å²) in [5, 5.41) is 32.7. The highest BCUT2D eigenvalue weighted by molar-refractivity contribution is 5.96. The average Bonchev–Trinajstić information content (AvgIpc) is 2.83. The lowest BCUT2D eigenvalue weighted by Crippen LogP contribution is -2.46. The van der Waals surface area contributed by atoms with E-state index in [-0.39, 0.29) is 23.2 Å². The molecule has 0 aliphatic rings. The summed E-state index contributed by atoms with van der Waals surface area (Å²) in [5.41, 5.74) is 1.78. The number of nitrogens with one attached hydrogen (secondary N) is 1. The van der Waals surface area contributed by atoms with Gasteiger partial charge in [-0.2, -0.15) is 0 Å². The molecule has 4 aromatic rings. The Bertz CT molecular complexity index is 1090. The fraction of sp³-hybridized carbons (Fsp3) is 0.107. The van der Waals surface area contributed by atoms with Crippen molar-refractivity contribution in [2.75, 3.05) is 6.54 Å². The molecule has 0 saturated carbocycles. The number of phenols is 3. The molecule has 33 heavy (non-hydrogen) atoms. The first-order chi connectivity index (χ1) is 16.0. The molecule has 0 spiro atoms. The average molecular weight is 440 g/mol. The summed E-state index contributed by atoms with van der Waals surface area (Å²) in [6.07, 6.45) is 0.670. The molecule has 4 N–H and O–H groups in total. The second-order valence-corrected chi connectivity index (χ2v) is 7.88. The molecule has 0 saturated heterocycles. The van der Waals surface area contributed by atoms with Gasteiger partial charge in [-0.05, 0) is 65.1 Å². The van der Waals surface area contributed by atoms with Crippen LogP contribution in [0.5, 0.6) is 17.2 Å². The highest BCUT2D eigenvalue weighted by Crippen LogP contribution is 2.41. The van der Waals surface area contributed by atoms with Crippen LogP contribution in [0.4, 0.5) is 0 Å². The molecule has 0 radical (unpaired) electrons. The maximum Gasteiger partial charge on any atom is 0.239 e. The van der Waals surface area contributed by atoms with Crippen LogP contribution in [0.15, 0.2) is 103 Å². The van der Waals surface area contributed by atoms with Gasteiger partial charge in [0.2, 0.25) is 5.91 Å². The summed E-state index contributed by atoms with van der Waals surface area (Å²) in [6.45, 7) is 0.429. The Morgan fingerprint density at radius 2 is 1.00 bits per heavy atom. The minimum Gasteiger partial charge on any atom is -0.508 e. The lowest BCUT2D eigenvalue weighted by atomic mass is 9.68. The monoisotopic (exact) mass is 439 g/mol. The van der Waals surface area contributed by atoms with Crippen molar-refractivity contribution in [1.82, 2.24) is 5.32 Å². The number of carbonyl (C=O) groups is 1. The van der Waals surface area contributed by atoms with Gasteiger partial charge in [0.15, 0.2) is 0 Å². The van der Waals surface area contributed by atoms with Gasteiger partial charge >= 0.3 is 0 Å². The van der Waals surface area contributed by atoms with E-state index in [0.29, 0.717) is 29.7 Å². The molecule has 4 aromatic carbocycles. The van der Waals surface area contributed by atoms with Gasteiger partial charge < -0.3 is 20.6 Å². The van der Waals surface area contributed by atoms with Gasteiger partial charge in [0.25, 0.3) is 0 Å². The van der Waals surface area contributed by atoms with Gasteiger partial charge in [0, 0.05) is 6.54 Å². The van der Waals surface area contributed by atoms with Crippen LogP contribution >= 0.6 is 0 Å². The summed E-state index contributed by atoms with van der Waals surface area (Å²) >= 11 is 0. The maximum atomic E-state index is 14.0. The molecule has 0 heterocycles. The van der Waals surface area contributed by atoms with Crippen molar-refractivity contribution < 1.29 is 20.1 Å². The SMILES string of the molecule is O=C(NCCc1ccccc1)C(c1ccc(O)cc1)(c1ccc(O)cc1)c1ccc(O)cc1. The van der Waals surface area contributed by atoms with E-state index in [1.165, 1.54) is 0 Å². The Morgan fingerprint density at radius 1 is 0.606 bits per heavy atom. The molecule has 0 aliphatic carbocycles. The molecular formula is C28H25NO4. The Hall–Kier alpha value is -4.25. The molecule has 166 valence electrons. The maximum absolute atomic E-state index is 14.0. The zero-order chi connectivity index (χ0) is 23.3. The summed E-state index contributed by atoms with van der Waals surface area (Å²) in [7, 11) is 0. The van der Waals surface area contributed by atoms with E-state index in [4.69, 9.17) is 0 Å². The van der Waals surface area contributed by atoms with Crippen molar-refractivity contribution in [3.63, 3.8) is 0 Å². The highest BCUT2D eigenvalue weighted by Gasteiger charge is 2.43. The molecule has 0 unspecified atom stereocenters. The fourth-order valence-corrected chi connectivity index (χ4v) is 4.13. The van der Waals surface area contributed by atoms with E-state index in [1.54, 1.807) is 72.8 Å². The second kappa shape index (κ2) is 9.49. The van der Waals surface area contributed by atoms with Crippen LogP contribution in [0, 0.1) is 0 Å². The van der Waals surface area contributed by atoms with Crippen molar-refractivity contribution >= 4 is 5.91 Å². The number of hydrogen-bond acceptors (Lipinski definition) is 4. The van der Waals surface area contributed by atoms with Crippen LogP contribution in [-0.2, 0) is 16.6 Å². The molecule has 0 aliphatic heterocycles. The van der Waals surface area contributed by atoms with E-state index in [1.807, 2.05) is 30.3 Å². The minimum absolute atomic E-state index is 0.0912. The zero-order valence-corrected chi connectivity index (χ0v) is 18.0. The van der Waals surface area contributed by atoms with Crippen molar-refractivity contribution in [2.24, 2.45) is 0 Å². The number of benzene rings is 4. The predicted molar refractivity (Wildman–Crippen MR) is 127 cm³/mol. The standard InChI is InChI=1S/C28H25NO4/c30-24-12-6-21(7-13-24)28(22-8-14-25(31)15-9-22,23-10-16-26(32)17-11-23)27(33)29-19-18-20-4-2-1-3-5-20/h1-17,30-32H,18-19H2,(H,29,33). The largest absolute Gasteiger partial charge is 0.508 e. The normalized spacial score (nSPS) is 11.2. The van der Waals surface area contributed by atoms with Gasteiger partial charge in [-0.25, -0.2) is 0 Å². The van der Waals surface area contributed by atoms with Crippen LogP contribution in [0.25, 0.3) is 0 Å². The number of amides is 1. The minimum atomic E-state index is -1.27. The van der Waals surface area contributed by atoms with Gasteiger partial charge in [0.1, 0.15) is 22.7 Å². The molecule has 0 fully saturated rings. The van der Waals surface area contributed by atoms with Crippen molar-refractivity contribution in [3.05, 3.63) is 125 Å². The van der Waals surface area contributed by atoms with Crippen LogP contribution < -0.4 is 5.32 Å². The van der Waals surface area contributed by atoms with E-state index in [0.717, 1.165) is 5.56 Å². The van der Waals surface area contributed by atoms with Gasteiger partial charge in [-0.3, -0.25) is 4.79 Å². The number of phenolic OH excluding ortho intramolecular Hbond substituents is 3. The van der Waals surface area contributed by atoms with Crippen LogP contribution in [0.3, 0.4) is 0 Å². The van der Waals surface area contributed by atoms with E-state index in [9.17, 15) is 20.1 Å². The summed E-state index contributed by atoms with van der Waals surface area (Å²) in [4.78, 5) is 14.0. The highest BCUT2D eigenvalue weighted by atomic mass is 16.3. The molecule has 0 atom stereocenters. The molecule has 5 nitrogen and oxygen atoms in total. The summed E-state index contributed by atoms with van der Waals surface area (Å²) < 4.78 is 0. The topological polar surface area (TPSA) is 89.8 Å². The molecule has 0 aromatic heterocycles. The van der Waals surface area contributed by atoms with Crippen molar-refractivity contribution in [3.8, 4) is 17.2 Å². The van der Waals surface area contributed by atoms with E-state index in [2.05, 4.69) is 5.32 Å². The lowest BCUT2D eigenvalue weighted by molar-refractivity contribution is -0.124. The quantitative estimate of drug-likeness (QED) is 0.319. The first-order valence-electron chi connectivity index (χ1n) is 10.7. The first kappa shape index (κ1) is 22.0. The molecule has 4 rings (SSSR count). The molecular weight excluding hydrogens is 414 g/mol. The Labute approximate surface area is 192 Å². The number of hydrogen-bond donors (Lipinski definition) is 4. The Balaban J connectivity index is 1.82. The fourth-order valence-electron chi connectivity index (χ4n) is 4.13. The smallest absolute Gasteiger partial charge is 0.239 e. The molecule has 5 heteroatoms. The summed E-state index contributed by atoms with van der Waals surface area (Å²) in [6, 6.07) is 29.5. The predicted octanol–water partition coefficient (Wildman–Crippen LogP) is 4.50. The third-order valence-electron chi connectivity index (χ3n) is 5.78. The number of aromatic hydroxyl groups is 3. The van der Waals surface area contributed by atoms with E-state index >= 15 is 0 Å². The number of carbonyl (C=O) groups excluding carboxylic acids is 1. The first-order valence-corrected chi connectivity index (χ1v) is 10.7. The zero-order valence-electron chi connectivity index (χ0n) is 18.0. The van der Waals surface area contributed by atoms with Crippen LogP contribution in [-0.4, -0.2) is 27.8 Å². The summed E-state index contributed by atoms with van der Waals surface area (Å²) in [5.74, 6) is 0.0242. The lowest BCUT2D eigenvalue weighted by Gasteiger charge is -2.34. The number of rotatable bonds is 7. The van der Waals surface area contributed by atoms with Gasteiger partial charge in [0.05, 0.1) is 0 Å². The molecule has 0 bridgehead atoms. The van der Waals surface area contributed by atoms with Gasteiger partial charge in [-0.15, -0.1) is 0 Å². The second-order valence-electron chi connectivity index (χ2n) is 7.88. The van der Waals surface area contributed by atoms with Crippen LogP contribution in [0.1, 0.15) is 22.3 Å². The van der Waals surface area contributed by atoms with E-state index < -0.39 is 5.41 Å². The van der Waals surface area contributed by atoms with Crippen molar-refractivity contribution in [1.29, 1.82) is 0 Å². The third kappa shape index (κ3) is 4.53. The molecule has 1 amide bonds.